The molecule has 1 aliphatic rings. The Kier molecular flexibility index (Phi) is 6.20. The summed E-state index contributed by atoms with van der Waals surface area (Å²) in [5.74, 6) is 0.503. The third kappa shape index (κ3) is 4.65. The molecule has 0 bridgehead atoms. The summed E-state index contributed by atoms with van der Waals surface area (Å²) in [6.07, 6.45) is -0.554. The maximum absolute atomic E-state index is 9.98. The van der Waals surface area contributed by atoms with Gasteiger partial charge in [-0.05, 0) is 0 Å². The van der Waals surface area contributed by atoms with Crippen LogP contribution in [-0.2, 0) is 0 Å². The van der Waals surface area contributed by atoms with Gasteiger partial charge in [-0.1, -0.05) is 34.8 Å². The Morgan fingerprint density at radius 1 is 1.20 bits per heavy atom. The number of hydrogen-bond acceptors (Lipinski definition) is 4. The summed E-state index contributed by atoms with van der Waals surface area (Å²) in [5.41, 5.74) is 0. The number of nitrogens with zero attached hydrogens (tertiary/aromatic N) is 1. The van der Waals surface area contributed by atoms with Gasteiger partial charge in [0, 0.05) is 44.9 Å². The van der Waals surface area contributed by atoms with Gasteiger partial charge in [-0.3, -0.25) is 4.90 Å². The van der Waals surface area contributed by atoms with E-state index in [0.29, 0.717) is 27.4 Å². The monoisotopic (exact) mass is 338 g/mol. The highest BCUT2D eigenvalue weighted by Crippen LogP contribution is 2.34. The average Bonchev–Trinajstić information content (AvgIpc) is 2.43. The molecule has 1 aromatic rings. The first-order chi connectivity index (χ1) is 9.56. The quantitative estimate of drug-likeness (QED) is 0.808. The van der Waals surface area contributed by atoms with Crippen LogP contribution in [0.4, 0.5) is 0 Å². The minimum atomic E-state index is -0.554. The first-order valence-electron chi connectivity index (χ1n) is 6.44. The molecule has 2 rings (SSSR count). The molecular formula is C13H17Cl3N2O2. The van der Waals surface area contributed by atoms with Crippen molar-refractivity contribution in [1.29, 1.82) is 0 Å². The number of rotatable bonds is 5. The van der Waals surface area contributed by atoms with Gasteiger partial charge in [-0.2, -0.15) is 0 Å². The van der Waals surface area contributed by atoms with Gasteiger partial charge in [-0.25, -0.2) is 0 Å². The van der Waals surface area contributed by atoms with Gasteiger partial charge in [0.05, 0.1) is 15.1 Å². The second-order valence-electron chi connectivity index (χ2n) is 4.72. The number of hydrogen-bond donors (Lipinski definition) is 2. The van der Waals surface area contributed by atoms with Gasteiger partial charge < -0.3 is 15.2 Å². The van der Waals surface area contributed by atoms with Crippen LogP contribution < -0.4 is 10.1 Å². The van der Waals surface area contributed by atoms with Crippen molar-refractivity contribution >= 4 is 34.8 Å². The van der Waals surface area contributed by atoms with Crippen molar-refractivity contribution in [2.24, 2.45) is 0 Å². The molecule has 1 aliphatic heterocycles. The molecule has 0 aromatic heterocycles. The van der Waals surface area contributed by atoms with E-state index in [9.17, 15) is 5.11 Å². The molecule has 0 radical (unpaired) electrons. The summed E-state index contributed by atoms with van der Waals surface area (Å²) in [4.78, 5) is 2.20. The first-order valence-corrected chi connectivity index (χ1v) is 7.58. The fourth-order valence-corrected chi connectivity index (χ4v) is 2.63. The van der Waals surface area contributed by atoms with Crippen LogP contribution in [0.15, 0.2) is 12.1 Å². The smallest absolute Gasteiger partial charge is 0.122 e. The van der Waals surface area contributed by atoms with E-state index in [-0.39, 0.29) is 6.61 Å². The van der Waals surface area contributed by atoms with Crippen molar-refractivity contribution in [3.63, 3.8) is 0 Å². The molecule has 4 nitrogen and oxygen atoms in total. The number of aliphatic hydroxyl groups is 1. The second kappa shape index (κ2) is 7.69. The minimum absolute atomic E-state index is 0.193. The topological polar surface area (TPSA) is 44.7 Å². The summed E-state index contributed by atoms with van der Waals surface area (Å²) >= 11 is 17.7. The molecule has 1 aromatic carbocycles. The largest absolute Gasteiger partial charge is 0.491 e. The third-order valence-electron chi connectivity index (χ3n) is 3.08. The average molecular weight is 340 g/mol. The summed E-state index contributed by atoms with van der Waals surface area (Å²) in [6.45, 7) is 4.58. The van der Waals surface area contributed by atoms with E-state index in [1.165, 1.54) is 0 Å². The van der Waals surface area contributed by atoms with Gasteiger partial charge in [0.2, 0.25) is 0 Å². The SMILES string of the molecule is OC(COc1cc(Cl)c(Cl)c(Cl)c1)CN1CCNCC1. The number of β-amino-alcohol motifs (C(OH)–C–C–N with tert-alkyl or cyclic N) is 1. The molecule has 0 amide bonds. The lowest BCUT2D eigenvalue weighted by molar-refractivity contribution is 0.0641. The number of ether oxygens (including phenoxy) is 1. The van der Waals surface area contributed by atoms with Gasteiger partial charge in [-0.15, -0.1) is 0 Å². The van der Waals surface area contributed by atoms with Crippen LogP contribution >= 0.6 is 34.8 Å². The van der Waals surface area contributed by atoms with E-state index in [4.69, 9.17) is 39.5 Å². The van der Waals surface area contributed by atoms with Crippen molar-refractivity contribution in [2.45, 2.75) is 6.10 Å². The predicted molar refractivity (Wildman–Crippen MR) is 82.3 cm³/mol. The van der Waals surface area contributed by atoms with Gasteiger partial charge in [0.1, 0.15) is 18.5 Å². The van der Waals surface area contributed by atoms with Crippen molar-refractivity contribution in [3.05, 3.63) is 27.2 Å². The molecular weight excluding hydrogens is 323 g/mol. The van der Waals surface area contributed by atoms with E-state index in [0.717, 1.165) is 26.2 Å². The van der Waals surface area contributed by atoms with Crippen molar-refractivity contribution in [2.75, 3.05) is 39.3 Å². The molecule has 0 spiro atoms. The van der Waals surface area contributed by atoms with Crippen LogP contribution in [0, 0.1) is 0 Å². The fourth-order valence-electron chi connectivity index (χ4n) is 2.05. The van der Waals surface area contributed by atoms with Crippen molar-refractivity contribution < 1.29 is 9.84 Å². The lowest BCUT2D eigenvalue weighted by Gasteiger charge is -2.29. The third-order valence-corrected chi connectivity index (χ3v) is 4.28. The highest BCUT2D eigenvalue weighted by Gasteiger charge is 2.15. The second-order valence-corrected chi connectivity index (χ2v) is 5.91. The maximum Gasteiger partial charge on any atom is 0.122 e. The molecule has 112 valence electrons. The molecule has 1 saturated heterocycles. The molecule has 1 unspecified atom stereocenters. The van der Waals surface area contributed by atoms with Gasteiger partial charge in [0.25, 0.3) is 0 Å². The summed E-state index contributed by atoms with van der Waals surface area (Å²) in [5, 5.41) is 14.2. The van der Waals surface area contributed by atoms with E-state index in [1.807, 2.05) is 0 Å². The molecule has 1 heterocycles. The van der Waals surface area contributed by atoms with Crippen LogP contribution in [0.3, 0.4) is 0 Å². The summed E-state index contributed by atoms with van der Waals surface area (Å²) in [7, 11) is 0. The van der Waals surface area contributed by atoms with Crippen LogP contribution in [-0.4, -0.2) is 55.4 Å². The number of aliphatic hydroxyl groups excluding tert-OH is 1. The fraction of sp³-hybridized carbons (Fsp3) is 0.538. The highest BCUT2D eigenvalue weighted by molar-refractivity contribution is 6.48. The predicted octanol–water partition coefficient (Wildman–Crippen LogP) is 2.29. The number of benzene rings is 1. The van der Waals surface area contributed by atoms with E-state index in [1.54, 1.807) is 12.1 Å². The number of halogens is 3. The Labute approximate surface area is 133 Å². The number of nitrogens with one attached hydrogen (secondary N) is 1. The molecule has 2 N–H and O–H groups in total. The Balaban J connectivity index is 1.82. The van der Waals surface area contributed by atoms with E-state index in [2.05, 4.69) is 10.2 Å². The maximum atomic E-state index is 9.98. The van der Waals surface area contributed by atoms with Crippen LogP contribution in [0.25, 0.3) is 0 Å². The molecule has 20 heavy (non-hydrogen) atoms. The summed E-state index contributed by atoms with van der Waals surface area (Å²) in [6, 6.07) is 3.18. The molecule has 7 heteroatoms. The van der Waals surface area contributed by atoms with Gasteiger partial charge >= 0.3 is 0 Å². The molecule has 1 atom stereocenters. The molecule has 0 aliphatic carbocycles. The minimum Gasteiger partial charge on any atom is -0.491 e. The van der Waals surface area contributed by atoms with Crippen molar-refractivity contribution in [1.82, 2.24) is 10.2 Å². The Morgan fingerprint density at radius 2 is 1.80 bits per heavy atom. The van der Waals surface area contributed by atoms with Gasteiger partial charge in [0.15, 0.2) is 0 Å². The van der Waals surface area contributed by atoms with E-state index < -0.39 is 6.10 Å². The number of piperazine rings is 1. The molecule has 1 fully saturated rings. The standard InChI is InChI=1S/C13H17Cl3N2O2/c14-11-5-10(6-12(15)13(11)16)20-8-9(19)7-18-3-1-17-2-4-18/h5-6,9,17,19H,1-4,7-8H2. The zero-order chi connectivity index (χ0) is 14.5. The van der Waals surface area contributed by atoms with Crippen LogP contribution in [0.5, 0.6) is 5.75 Å². The zero-order valence-corrected chi connectivity index (χ0v) is 13.2. The normalized spacial score (nSPS) is 18.0. The van der Waals surface area contributed by atoms with Crippen LogP contribution in [0.2, 0.25) is 15.1 Å². The van der Waals surface area contributed by atoms with Crippen molar-refractivity contribution in [3.8, 4) is 5.75 Å². The summed E-state index contributed by atoms with van der Waals surface area (Å²) < 4.78 is 5.51. The van der Waals surface area contributed by atoms with Crippen LogP contribution in [0.1, 0.15) is 0 Å². The first kappa shape index (κ1) is 16.1. The Bertz CT molecular complexity index is 430. The Morgan fingerprint density at radius 3 is 2.40 bits per heavy atom. The lowest BCUT2D eigenvalue weighted by Crippen LogP contribution is -2.47. The Hall–Kier alpha value is -0.230. The lowest BCUT2D eigenvalue weighted by atomic mass is 10.3. The van der Waals surface area contributed by atoms with E-state index >= 15 is 0 Å². The zero-order valence-electron chi connectivity index (χ0n) is 10.9. The highest BCUT2D eigenvalue weighted by atomic mass is 35.5. The molecule has 0 saturated carbocycles.